The van der Waals surface area contributed by atoms with E-state index in [1.165, 1.54) is 5.56 Å². The molecule has 5 nitrogen and oxygen atoms in total. The van der Waals surface area contributed by atoms with Crippen LogP contribution in [0.4, 0.5) is 4.79 Å². The first kappa shape index (κ1) is 15.8. The van der Waals surface area contributed by atoms with E-state index in [0.29, 0.717) is 25.7 Å². The lowest BCUT2D eigenvalue weighted by molar-refractivity contribution is 0.0933. The molecule has 1 aliphatic rings. The summed E-state index contributed by atoms with van der Waals surface area (Å²) in [6, 6.07) is 10.5. The van der Waals surface area contributed by atoms with Crippen molar-refractivity contribution in [1.29, 1.82) is 0 Å². The third kappa shape index (κ3) is 5.02. The molecule has 1 aromatic carbocycles. The SMILES string of the molecule is O=C(NCCOCCO)N1CCC(c2ccccc2)CC1. The lowest BCUT2D eigenvalue weighted by Gasteiger charge is -2.32. The van der Waals surface area contributed by atoms with Crippen molar-refractivity contribution < 1.29 is 14.6 Å². The van der Waals surface area contributed by atoms with Crippen LogP contribution < -0.4 is 5.32 Å². The topological polar surface area (TPSA) is 61.8 Å². The molecule has 0 atom stereocenters. The molecule has 5 heteroatoms. The third-order valence-corrected chi connectivity index (χ3v) is 3.81. The van der Waals surface area contributed by atoms with Crippen LogP contribution >= 0.6 is 0 Å². The lowest BCUT2D eigenvalue weighted by Crippen LogP contribution is -2.45. The van der Waals surface area contributed by atoms with Crippen LogP contribution in [0.1, 0.15) is 24.3 Å². The van der Waals surface area contributed by atoms with Crippen LogP contribution in [-0.2, 0) is 4.74 Å². The van der Waals surface area contributed by atoms with Gasteiger partial charge in [-0.2, -0.15) is 0 Å². The predicted molar refractivity (Wildman–Crippen MR) is 81.3 cm³/mol. The standard InChI is InChI=1S/C16H24N2O3/c19-11-13-21-12-8-17-16(20)18-9-6-15(7-10-18)14-4-2-1-3-5-14/h1-5,15,19H,6-13H2,(H,17,20). The van der Waals surface area contributed by atoms with E-state index < -0.39 is 0 Å². The van der Waals surface area contributed by atoms with Crippen LogP contribution in [0.2, 0.25) is 0 Å². The van der Waals surface area contributed by atoms with Gasteiger partial charge in [-0.15, -0.1) is 0 Å². The van der Waals surface area contributed by atoms with Crippen LogP contribution in [-0.4, -0.2) is 55.5 Å². The van der Waals surface area contributed by atoms with Crippen molar-refractivity contribution in [2.75, 3.05) is 39.5 Å². The molecule has 0 aliphatic carbocycles. The number of carbonyl (C=O) groups excluding carboxylic acids is 1. The van der Waals surface area contributed by atoms with Crippen LogP contribution in [0.3, 0.4) is 0 Å². The van der Waals surface area contributed by atoms with E-state index in [0.717, 1.165) is 25.9 Å². The van der Waals surface area contributed by atoms with E-state index in [9.17, 15) is 4.79 Å². The van der Waals surface area contributed by atoms with Gasteiger partial charge in [-0.05, 0) is 24.3 Å². The number of piperidine rings is 1. The molecule has 1 heterocycles. The molecule has 0 spiro atoms. The summed E-state index contributed by atoms with van der Waals surface area (Å²) in [6.45, 7) is 2.84. The zero-order chi connectivity index (χ0) is 14.9. The molecule has 2 rings (SSSR count). The highest BCUT2D eigenvalue weighted by Gasteiger charge is 2.23. The van der Waals surface area contributed by atoms with Gasteiger partial charge in [0.15, 0.2) is 0 Å². The van der Waals surface area contributed by atoms with Gasteiger partial charge >= 0.3 is 6.03 Å². The molecule has 21 heavy (non-hydrogen) atoms. The Bertz CT molecular complexity index is 417. The summed E-state index contributed by atoms with van der Waals surface area (Å²) in [5.74, 6) is 0.558. The Kier molecular flexibility index (Phi) is 6.50. The summed E-state index contributed by atoms with van der Waals surface area (Å²) in [4.78, 5) is 13.9. The fourth-order valence-corrected chi connectivity index (χ4v) is 2.65. The van der Waals surface area contributed by atoms with E-state index in [2.05, 4.69) is 29.6 Å². The molecule has 1 aromatic rings. The summed E-state index contributed by atoms with van der Waals surface area (Å²) in [5, 5.41) is 11.4. The van der Waals surface area contributed by atoms with E-state index in [1.54, 1.807) is 0 Å². The smallest absolute Gasteiger partial charge is 0.317 e. The molecule has 2 amide bonds. The quantitative estimate of drug-likeness (QED) is 0.783. The minimum Gasteiger partial charge on any atom is -0.394 e. The second-order valence-electron chi connectivity index (χ2n) is 5.24. The Morgan fingerprint density at radius 3 is 2.62 bits per heavy atom. The molecule has 1 fully saturated rings. The number of carbonyl (C=O) groups is 1. The minimum absolute atomic E-state index is 0.0148. The Morgan fingerprint density at radius 2 is 1.95 bits per heavy atom. The van der Waals surface area contributed by atoms with Crippen LogP contribution in [0.5, 0.6) is 0 Å². The van der Waals surface area contributed by atoms with Crippen molar-refractivity contribution in [1.82, 2.24) is 10.2 Å². The number of likely N-dealkylation sites (tertiary alicyclic amines) is 1. The number of rotatable bonds is 6. The Hall–Kier alpha value is -1.59. The minimum atomic E-state index is -0.0193. The number of ether oxygens (including phenoxy) is 1. The molecule has 0 saturated carbocycles. The monoisotopic (exact) mass is 292 g/mol. The number of benzene rings is 1. The average Bonchev–Trinajstić information content (AvgIpc) is 2.55. The summed E-state index contributed by atoms with van der Waals surface area (Å²) in [7, 11) is 0. The number of aliphatic hydroxyl groups excluding tert-OH is 1. The Labute approximate surface area is 125 Å². The van der Waals surface area contributed by atoms with E-state index in [4.69, 9.17) is 9.84 Å². The van der Waals surface area contributed by atoms with Gasteiger partial charge < -0.3 is 20.1 Å². The van der Waals surface area contributed by atoms with Gasteiger partial charge in [-0.25, -0.2) is 4.79 Å². The molecular weight excluding hydrogens is 268 g/mol. The maximum Gasteiger partial charge on any atom is 0.317 e. The Morgan fingerprint density at radius 1 is 1.24 bits per heavy atom. The Balaban J connectivity index is 1.67. The summed E-state index contributed by atoms with van der Waals surface area (Å²) >= 11 is 0. The number of aliphatic hydroxyl groups is 1. The first-order valence-electron chi connectivity index (χ1n) is 7.57. The third-order valence-electron chi connectivity index (χ3n) is 3.81. The molecule has 1 aliphatic heterocycles. The lowest BCUT2D eigenvalue weighted by atomic mass is 9.90. The number of amides is 2. The maximum absolute atomic E-state index is 12.0. The van der Waals surface area contributed by atoms with Gasteiger partial charge in [0.05, 0.1) is 19.8 Å². The molecule has 0 bridgehead atoms. The fraction of sp³-hybridized carbons (Fsp3) is 0.562. The first-order chi connectivity index (χ1) is 10.3. The van der Waals surface area contributed by atoms with Crippen molar-refractivity contribution in [2.24, 2.45) is 0 Å². The highest BCUT2D eigenvalue weighted by Crippen LogP contribution is 2.27. The van der Waals surface area contributed by atoms with Gasteiger partial charge in [-0.3, -0.25) is 0 Å². The van der Waals surface area contributed by atoms with Crippen LogP contribution in [0.15, 0.2) is 30.3 Å². The van der Waals surface area contributed by atoms with E-state index in [-0.39, 0.29) is 12.6 Å². The predicted octanol–water partition coefficient (Wildman–Crippen LogP) is 1.58. The summed E-state index contributed by atoms with van der Waals surface area (Å²) in [5.41, 5.74) is 1.37. The normalized spacial score (nSPS) is 16.0. The van der Waals surface area contributed by atoms with Gasteiger partial charge in [0.1, 0.15) is 0 Å². The van der Waals surface area contributed by atoms with Gasteiger partial charge in [0.25, 0.3) is 0 Å². The molecule has 0 radical (unpaired) electrons. The molecular formula is C16H24N2O3. The average molecular weight is 292 g/mol. The highest BCUT2D eigenvalue weighted by molar-refractivity contribution is 5.74. The molecule has 2 N–H and O–H groups in total. The van der Waals surface area contributed by atoms with Crippen molar-refractivity contribution in [3.8, 4) is 0 Å². The van der Waals surface area contributed by atoms with E-state index in [1.807, 2.05) is 11.0 Å². The van der Waals surface area contributed by atoms with Crippen LogP contribution in [0, 0.1) is 0 Å². The summed E-state index contributed by atoms with van der Waals surface area (Å²) in [6.07, 6.45) is 2.02. The first-order valence-corrected chi connectivity index (χ1v) is 7.57. The maximum atomic E-state index is 12.0. The van der Waals surface area contributed by atoms with Gasteiger partial charge in [0.2, 0.25) is 0 Å². The second kappa shape index (κ2) is 8.64. The van der Waals surface area contributed by atoms with Crippen molar-refractivity contribution in [3.05, 3.63) is 35.9 Å². The number of hydrogen-bond acceptors (Lipinski definition) is 3. The number of urea groups is 1. The number of hydrogen-bond donors (Lipinski definition) is 2. The van der Waals surface area contributed by atoms with E-state index >= 15 is 0 Å². The van der Waals surface area contributed by atoms with Gasteiger partial charge in [0, 0.05) is 19.6 Å². The van der Waals surface area contributed by atoms with Crippen molar-refractivity contribution in [2.45, 2.75) is 18.8 Å². The fourth-order valence-electron chi connectivity index (χ4n) is 2.65. The number of nitrogens with zero attached hydrogens (tertiary/aromatic N) is 1. The van der Waals surface area contributed by atoms with Crippen molar-refractivity contribution in [3.63, 3.8) is 0 Å². The summed E-state index contributed by atoms with van der Waals surface area (Å²) < 4.78 is 5.11. The van der Waals surface area contributed by atoms with Crippen LogP contribution in [0.25, 0.3) is 0 Å². The molecule has 0 aromatic heterocycles. The second-order valence-corrected chi connectivity index (χ2v) is 5.24. The largest absolute Gasteiger partial charge is 0.394 e. The molecule has 1 saturated heterocycles. The molecule has 0 unspecified atom stereocenters. The van der Waals surface area contributed by atoms with Crippen molar-refractivity contribution >= 4 is 6.03 Å². The van der Waals surface area contributed by atoms with Gasteiger partial charge in [-0.1, -0.05) is 30.3 Å². The zero-order valence-electron chi connectivity index (χ0n) is 12.3. The zero-order valence-corrected chi connectivity index (χ0v) is 12.3. The molecule has 116 valence electrons. The number of nitrogens with one attached hydrogen (secondary N) is 1. The highest BCUT2D eigenvalue weighted by atomic mass is 16.5.